The lowest BCUT2D eigenvalue weighted by atomic mass is 10.2. The highest BCUT2D eigenvalue weighted by molar-refractivity contribution is 6.29. The number of benzene rings is 1. The lowest BCUT2D eigenvalue weighted by Crippen LogP contribution is -1.99. The van der Waals surface area contributed by atoms with Gasteiger partial charge in [0.05, 0.1) is 5.69 Å². The number of para-hydroxylation sites is 1. The summed E-state index contributed by atoms with van der Waals surface area (Å²) in [5, 5.41) is 0.492. The van der Waals surface area contributed by atoms with Gasteiger partial charge < -0.3 is 4.74 Å². The topological polar surface area (TPSA) is 22.1 Å². The second-order valence-corrected chi connectivity index (χ2v) is 3.89. The highest BCUT2D eigenvalue weighted by atomic mass is 35.5. The van der Waals surface area contributed by atoms with E-state index >= 15 is 0 Å². The quantitative estimate of drug-likeness (QED) is 0.756. The molecule has 1 aromatic heterocycles. The molecule has 1 aromatic carbocycles. The number of nitrogens with zero attached hydrogens (tertiary/aromatic N) is 1. The minimum absolute atomic E-state index is 0.436. The van der Waals surface area contributed by atoms with E-state index in [0.29, 0.717) is 11.8 Å². The van der Waals surface area contributed by atoms with Crippen LogP contribution in [0.2, 0.25) is 5.15 Å². The molecule has 2 rings (SSSR count). The number of ether oxygens (including phenoxy) is 1. The maximum Gasteiger partial charge on any atom is 0.130 e. The number of aryl methyl sites for hydroxylation is 1. The van der Waals surface area contributed by atoms with E-state index in [1.807, 2.05) is 43.3 Å². The van der Waals surface area contributed by atoms with Crippen LogP contribution in [0.5, 0.6) is 5.75 Å². The molecule has 0 fully saturated rings. The van der Waals surface area contributed by atoms with Crippen LogP contribution < -0.4 is 4.74 Å². The minimum atomic E-state index is 0.436. The first-order valence-electron chi connectivity index (χ1n) is 5.05. The summed E-state index contributed by atoms with van der Waals surface area (Å²) >= 11 is 5.79. The van der Waals surface area contributed by atoms with Gasteiger partial charge in [0.1, 0.15) is 17.5 Å². The third-order valence-corrected chi connectivity index (χ3v) is 2.45. The molecule has 2 aromatic rings. The molecule has 0 saturated carbocycles. The van der Waals surface area contributed by atoms with Crippen molar-refractivity contribution in [1.82, 2.24) is 4.98 Å². The van der Waals surface area contributed by atoms with Crippen LogP contribution in [0, 0.1) is 6.92 Å². The van der Waals surface area contributed by atoms with Crippen molar-refractivity contribution < 1.29 is 4.74 Å². The molecule has 0 N–H and O–H groups in total. The van der Waals surface area contributed by atoms with Crippen molar-refractivity contribution >= 4 is 11.6 Å². The number of aromatic nitrogens is 1. The number of halogens is 1. The zero-order chi connectivity index (χ0) is 11.4. The molecular weight excluding hydrogens is 222 g/mol. The lowest BCUT2D eigenvalue weighted by molar-refractivity contribution is 0.299. The van der Waals surface area contributed by atoms with Gasteiger partial charge in [0.25, 0.3) is 0 Å². The molecule has 0 bridgehead atoms. The van der Waals surface area contributed by atoms with Crippen LogP contribution in [0.1, 0.15) is 11.3 Å². The molecule has 0 aliphatic rings. The van der Waals surface area contributed by atoms with Crippen molar-refractivity contribution in [3.63, 3.8) is 0 Å². The molecule has 3 heteroatoms. The SMILES string of the molecule is Cc1ccccc1OCc1cccc(Cl)n1. The first-order chi connectivity index (χ1) is 7.75. The third kappa shape index (κ3) is 2.74. The lowest BCUT2D eigenvalue weighted by Gasteiger charge is -2.08. The van der Waals surface area contributed by atoms with Gasteiger partial charge in [-0.3, -0.25) is 0 Å². The summed E-state index contributed by atoms with van der Waals surface area (Å²) in [4.78, 5) is 4.16. The van der Waals surface area contributed by atoms with Gasteiger partial charge in [0, 0.05) is 0 Å². The Labute approximate surface area is 99.9 Å². The smallest absolute Gasteiger partial charge is 0.130 e. The molecule has 2 nitrogen and oxygen atoms in total. The van der Waals surface area contributed by atoms with Gasteiger partial charge in [0.2, 0.25) is 0 Å². The largest absolute Gasteiger partial charge is 0.487 e. The highest BCUT2D eigenvalue weighted by Crippen LogP contribution is 2.17. The summed E-state index contributed by atoms with van der Waals surface area (Å²) in [6.45, 7) is 2.45. The Kier molecular flexibility index (Phi) is 3.42. The molecule has 0 radical (unpaired) electrons. The Morgan fingerprint density at radius 3 is 2.69 bits per heavy atom. The van der Waals surface area contributed by atoms with Gasteiger partial charge in [-0.1, -0.05) is 35.9 Å². The van der Waals surface area contributed by atoms with Crippen LogP contribution >= 0.6 is 11.6 Å². The summed E-state index contributed by atoms with van der Waals surface area (Å²) in [5.74, 6) is 0.879. The summed E-state index contributed by atoms with van der Waals surface area (Å²) in [5.41, 5.74) is 1.94. The number of hydrogen-bond acceptors (Lipinski definition) is 2. The monoisotopic (exact) mass is 233 g/mol. The summed E-state index contributed by atoms with van der Waals surface area (Å²) in [6.07, 6.45) is 0. The fourth-order valence-corrected chi connectivity index (χ4v) is 1.58. The fourth-order valence-electron chi connectivity index (χ4n) is 1.40. The van der Waals surface area contributed by atoms with Crippen molar-refractivity contribution in [1.29, 1.82) is 0 Å². The first-order valence-corrected chi connectivity index (χ1v) is 5.43. The fraction of sp³-hybridized carbons (Fsp3) is 0.154. The van der Waals surface area contributed by atoms with E-state index < -0.39 is 0 Å². The van der Waals surface area contributed by atoms with Gasteiger partial charge in [0.15, 0.2) is 0 Å². The first kappa shape index (κ1) is 11.0. The molecule has 0 saturated heterocycles. The standard InChI is InChI=1S/C13H12ClNO/c1-10-5-2-3-7-12(10)16-9-11-6-4-8-13(14)15-11/h2-8H,9H2,1H3. The van der Waals surface area contributed by atoms with Crippen molar-refractivity contribution in [2.75, 3.05) is 0 Å². The molecule has 1 heterocycles. The van der Waals surface area contributed by atoms with E-state index in [4.69, 9.17) is 16.3 Å². The van der Waals surface area contributed by atoms with Gasteiger partial charge in [-0.15, -0.1) is 0 Å². The second kappa shape index (κ2) is 4.99. The maximum absolute atomic E-state index is 5.79. The molecule has 0 spiro atoms. The van der Waals surface area contributed by atoms with Crippen molar-refractivity contribution in [2.45, 2.75) is 13.5 Å². The molecule has 0 unspecified atom stereocenters. The Balaban J connectivity index is 2.05. The third-order valence-electron chi connectivity index (χ3n) is 2.24. The average Bonchev–Trinajstić information content (AvgIpc) is 2.28. The Morgan fingerprint density at radius 1 is 1.12 bits per heavy atom. The molecule has 0 aliphatic carbocycles. The van der Waals surface area contributed by atoms with E-state index in [2.05, 4.69) is 4.98 Å². The number of hydrogen-bond donors (Lipinski definition) is 0. The van der Waals surface area contributed by atoms with Crippen LogP contribution in [0.15, 0.2) is 42.5 Å². The average molecular weight is 234 g/mol. The number of rotatable bonds is 3. The van der Waals surface area contributed by atoms with E-state index in [1.54, 1.807) is 6.07 Å². The van der Waals surface area contributed by atoms with Crippen LogP contribution in [0.4, 0.5) is 0 Å². The Hall–Kier alpha value is -1.54. The van der Waals surface area contributed by atoms with Gasteiger partial charge in [-0.25, -0.2) is 4.98 Å². The molecule has 82 valence electrons. The van der Waals surface area contributed by atoms with E-state index in [9.17, 15) is 0 Å². The van der Waals surface area contributed by atoms with Gasteiger partial charge in [-0.2, -0.15) is 0 Å². The van der Waals surface area contributed by atoms with Crippen molar-refractivity contribution in [3.05, 3.63) is 58.9 Å². The second-order valence-electron chi connectivity index (χ2n) is 3.51. The van der Waals surface area contributed by atoms with Crippen LogP contribution in [-0.2, 0) is 6.61 Å². The predicted octanol–water partition coefficient (Wildman–Crippen LogP) is 3.62. The normalized spacial score (nSPS) is 10.1. The molecule has 16 heavy (non-hydrogen) atoms. The zero-order valence-electron chi connectivity index (χ0n) is 8.98. The molecule has 0 atom stereocenters. The van der Waals surface area contributed by atoms with Gasteiger partial charge >= 0.3 is 0 Å². The minimum Gasteiger partial charge on any atom is -0.487 e. The zero-order valence-corrected chi connectivity index (χ0v) is 9.74. The van der Waals surface area contributed by atoms with E-state index in [1.165, 1.54) is 0 Å². The molecule has 0 aliphatic heterocycles. The van der Waals surface area contributed by atoms with Gasteiger partial charge in [-0.05, 0) is 30.7 Å². The molecular formula is C13H12ClNO. The Bertz CT molecular complexity index is 485. The Morgan fingerprint density at radius 2 is 1.94 bits per heavy atom. The van der Waals surface area contributed by atoms with Crippen molar-refractivity contribution in [3.8, 4) is 5.75 Å². The highest BCUT2D eigenvalue weighted by Gasteiger charge is 2.00. The van der Waals surface area contributed by atoms with Crippen LogP contribution in [-0.4, -0.2) is 4.98 Å². The molecule has 0 amide bonds. The summed E-state index contributed by atoms with van der Waals surface area (Å²) in [7, 11) is 0. The van der Waals surface area contributed by atoms with Crippen LogP contribution in [0.3, 0.4) is 0 Å². The predicted molar refractivity (Wildman–Crippen MR) is 64.8 cm³/mol. The number of pyridine rings is 1. The van der Waals surface area contributed by atoms with Crippen LogP contribution in [0.25, 0.3) is 0 Å². The van der Waals surface area contributed by atoms with Crippen molar-refractivity contribution in [2.24, 2.45) is 0 Å². The van der Waals surface area contributed by atoms with E-state index in [-0.39, 0.29) is 0 Å². The van der Waals surface area contributed by atoms with E-state index in [0.717, 1.165) is 17.0 Å². The maximum atomic E-state index is 5.79. The summed E-state index contributed by atoms with van der Waals surface area (Å²) in [6, 6.07) is 13.4. The summed E-state index contributed by atoms with van der Waals surface area (Å²) < 4.78 is 5.66.